The van der Waals surface area contributed by atoms with Crippen LogP contribution in [0.5, 0.6) is 0 Å². The number of hydrogen-bond donors (Lipinski definition) is 1. The first-order chi connectivity index (χ1) is 14.4. The van der Waals surface area contributed by atoms with Gasteiger partial charge in [0.15, 0.2) is 5.78 Å². The van der Waals surface area contributed by atoms with Gasteiger partial charge in [-0.05, 0) is 48.4 Å². The molecule has 3 nitrogen and oxygen atoms in total. The maximum absolute atomic E-state index is 13.1. The normalized spacial score (nSPS) is 23.2. The molecule has 1 saturated heterocycles. The van der Waals surface area contributed by atoms with Gasteiger partial charge in [-0.3, -0.25) is 4.79 Å². The number of carbonyl (C=O) groups excluding carboxylic acids is 1. The van der Waals surface area contributed by atoms with Crippen molar-refractivity contribution in [2.24, 2.45) is 0 Å². The van der Waals surface area contributed by atoms with Crippen molar-refractivity contribution in [1.82, 2.24) is 0 Å². The molecule has 1 N–H and O–H groups in total. The molecule has 1 heterocycles. The Morgan fingerprint density at radius 2 is 1.61 bits per heavy atom. The molecule has 0 unspecified atom stereocenters. The van der Waals surface area contributed by atoms with E-state index < -0.39 is 5.60 Å². The Balaban J connectivity index is 0.00000341. The molecule has 0 bridgehead atoms. The van der Waals surface area contributed by atoms with Crippen molar-refractivity contribution in [1.29, 1.82) is 0 Å². The monoisotopic (exact) mass is 559 g/mol. The summed E-state index contributed by atoms with van der Waals surface area (Å²) in [4.78, 5) is 12.5. The number of likely N-dealkylation sites (tertiary alicyclic amines) is 1. The molecule has 2 aromatic rings. The second-order valence-electron chi connectivity index (χ2n) is 8.66. The zero-order chi connectivity index (χ0) is 21.6. The van der Waals surface area contributed by atoms with Crippen LogP contribution in [0.25, 0.3) is 0 Å². The van der Waals surface area contributed by atoms with Crippen molar-refractivity contribution in [3.05, 3.63) is 70.5 Å². The number of quaternary nitrogens is 1. The van der Waals surface area contributed by atoms with Gasteiger partial charge in [0.1, 0.15) is 11.4 Å². The zero-order valence-corrected chi connectivity index (χ0v) is 21.0. The lowest BCUT2D eigenvalue weighted by atomic mass is 9.83. The van der Waals surface area contributed by atoms with Gasteiger partial charge in [0.05, 0.1) is 26.2 Å². The molecule has 6 heteroatoms. The maximum Gasteiger partial charge on any atom is 0.163 e. The molecule has 0 amide bonds. The molecule has 170 valence electrons. The number of piperidine rings is 1. The summed E-state index contributed by atoms with van der Waals surface area (Å²) in [7, 11) is 0. The van der Waals surface area contributed by atoms with E-state index in [-0.39, 0.29) is 35.6 Å². The van der Waals surface area contributed by atoms with Crippen LogP contribution >= 0.6 is 11.6 Å². The Morgan fingerprint density at radius 3 is 2.19 bits per heavy atom. The van der Waals surface area contributed by atoms with Gasteiger partial charge in [-0.25, -0.2) is 4.39 Å². The minimum absolute atomic E-state index is 0. The number of hydrogen-bond acceptors (Lipinski definition) is 2. The van der Waals surface area contributed by atoms with Crippen molar-refractivity contribution in [2.75, 3.05) is 26.2 Å². The zero-order valence-electron chi connectivity index (χ0n) is 18.1. The van der Waals surface area contributed by atoms with Crippen molar-refractivity contribution in [2.45, 2.75) is 51.0 Å². The summed E-state index contributed by atoms with van der Waals surface area (Å²) in [6.07, 6.45) is 4.98. The third-order valence-electron chi connectivity index (χ3n) is 6.57. The summed E-state index contributed by atoms with van der Waals surface area (Å²) >= 11 is 6.00. The number of unbranched alkanes of at least 4 members (excludes halogenated alkanes) is 1. The van der Waals surface area contributed by atoms with Crippen molar-refractivity contribution >= 4 is 17.4 Å². The van der Waals surface area contributed by atoms with Crippen LogP contribution < -0.4 is 24.0 Å². The first kappa shape index (κ1) is 26.2. The van der Waals surface area contributed by atoms with E-state index in [1.165, 1.54) is 12.1 Å². The topological polar surface area (TPSA) is 37.3 Å². The molecule has 1 aliphatic rings. The number of nitrogens with zero attached hydrogens (tertiary/aromatic N) is 1. The van der Waals surface area contributed by atoms with Gasteiger partial charge in [0, 0.05) is 36.3 Å². The quantitative estimate of drug-likeness (QED) is 0.292. The minimum Gasteiger partial charge on any atom is -1.00 e. The summed E-state index contributed by atoms with van der Waals surface area (Å²) in [5.74, 6) is -0.254. The molecule has 31 heavy (non-hydrogen) atoms. The molecule has 1 fully saturated rings. The Kier molecular flexibility index (Phi) is 9.93. The van der Waals surface area contributed by atoms with Gasteiger partial charge in [-0.15, -0.1) is 0 Å². The highest BCUT2D eigenvalue weighted by Gasteiger charge is 2.41. The van der Waals surface area contributed by atoms with Crippen LogP contribution in [0, 0.1) is 5.82 Å². The lowest BCUT2D eigenvalue weighted by molar-refractivity contribution is -0.935. The molecule has 0 saturated carbocycles. The lowest BCUT2D eigenvalue weighted by Gasteiger charge is -2.47. The van der Waals surface area contributed by atoms with Crippen LogP contribution in [0.3, 0.4) is 0 Å². The van der Waals surface area contributed by atoms with Crippen LogP contribution in [0.1, 0.15) is 61.4 Å². The third-order valence-corrected chi connectivity index (χ3v) is 6.82. The number of benzene rings is 2. The Morgan fingerprint density at radius 1 is 1.03 bits per heavy atom. The number of aliphatic hydroxyl groups is 1. The molecule has 0 aromatic heterocycles. The van der Waals surface area contributed by atoms with Crippen molar-refractivity contribution in [3.63, 3.8) is 0 Å². The molecule has 1 aliphatic heterocycles. The fourth-order valence-corrected chi connectivity index (χ4v) is 4.66. The van der Waals surface area contributed by atoms with E-state index in [0.717, 1.165) is 55.5 Å². The molecule has 0 radical (unpaired) electrons. The highest BCUT2D eigenvalue weighted by atomic mass is 127. The molecule has 3 rings (SSSR count). The van der Waals surface area contributed by atoms with Crippen LogP contribution in [0.4, 0.5) is 4.39 Å². The van der Waals surface area contributed by atoms with Crippen LogP contribution in [0.15, 0.2) is 48.5 Å². The second-order valence-corrected chi connectivity index (χ2v) is 9.10. The van der Waals surface area contributed by atoms with E-state index >= 15 is 0 Å². The highest BCUT2D eigenvalue weighted by molar-refractivity contribution is 6.30. The lowest BCUT2D eigenvalue weighted by Crippen LogP contribution is -3.00. The standard InChI is InChI=1S/C25H32ClFNO2.HI/c1-2-3-16-28(17-4-5-24(29)20-6-12-23(27)13-7-20)18-14-25(30,15-19-28)21-8-10-22(26)11-9-21;/h6-13,30H,2-5,14-19H2,1H3;1H/q+1;/p-1. The smallest absolute Gasteiger partial charge is 0.163 e. The predicted molar refractivity (Wildman–Crippen MR) is 119 cm³/mol. The van der Waals surface area contributed by atoms with Gasteiger partial charge in [0.25, 0.3) is 0 Å². The Labute approximate surface area is 207 Å². The number of halogens is 3. The first-order valence-corrected chi connectivity index (χ1v) is 11.4. The van der Waals surface area contributed by atoms with Crippen LogP contribution in [-0.4, -0.2) is 41.6 Å². The number of rotatable bonds is 9. The summed E-state index contributed by atoms with van der Waals surface area (Å²) < 4.78 is 14.0. The van der Waals surface area contributed by atoms with Crippen LogP contribution in [-0.2, 0) is 5.60 Å². The van der Waals surface area contributed by atoms with Gasteiger partial charge in [0.2, 0.25) is 0 Å². The summed E-state index contributed by atoms with van der Waals surface area (Å²) in [5, 5.41) is 11.9. The van der Waals surface area contributed by atoms with Crippen LogP contribution in [0.2, 0.25) is 5.02 Å². The summed E-state index contributed by atoms with van der Waals surface area (Å²) in [6.45, 7) is 6.03. The van der Waals surface area contributed by atoms with E-state index in [1.54, 1.807) is 12.1 Å². The molecule has 0 atom stereocenters. The second kappa shape index (κ2) is 11.7. The van der Waals surface area contributed by atoms with Gasteiger partial charge in [-0.1, -0.05) is 37.1 Å². The largest absolute Gasteiger partial charge is 1.00 e. The molecule has 0 aliphatic carbocycles. The fourth-order valence-electron chi connectivity index (χ4n) is 4.54. The first-order valence-electron chi connectivity index (χ1n) is 11.0. The summed E-state index contributed by atoms with van der Waals surface area (Å²) in [6, 6.07) is 13.3. The van der Waals surface area contributed by atoms with E-state index in [0.29, 0.717) is 29.8 Å². The molecule has 2 aromatic carbocycles. The molecular weight excluding hydrogens is 528 g/mol. The predicted octanol–water partition coefficient (Wildman–Crippen LogP) is 2.74. The third kappa shape index (κ3) is 6.98. The number of ketones is 1. The van der Waals surface area contributed by atoms with E-state index in [2.05, 4.69) is 6.92 Å². The number of carbonyl (C=O) groups is 1. The Hall–Kier alpha value is -1.02. The molecular formula is C25H32ClFINO2. The maximum atomic E-state index is 13.1. The Bertz CT molecular complexity index is 834. The molecule has 0 spiro atoms. The SMILES string of the molecule is CCCC[N+]1(CCCC(=O)c2ccc(F)cc2)CCC(O)(c2ccc(Cl)cc2)CC1.[I-]. The van der Waals surface area contributed by atoms with E-state index in [4.69, 9.17) is 11.6 Å². The fraction of sp³-hybridized carbons (Fsp3) is 0.480. The highest BCUT2D eigenvalue weighted by Crippen LogP contribution is 2.36. The van der Waals surface area contributed by atoms with Gasteiger partial charge >= 0.3 is 0 Å². The van der Waals surface area contributed by atoms with Crippen molar-refractivity contribution in [3.8, 4) is 0 Å². The van der Waals surface area contributed by atoms with Gasteiger partial charge < -0.3 is 33.6 Å². The van der Waals surface area contributed by atoms with E-state index in [9.17, 15) is 14.3 Å². The average Bonchev–Trinajstić information content (AvgIpc) is 2.75. The summed E-state index contributed by atoms with van der Waals surface area (Å²) in [5.41, 5.74) is 0.710. The van der Waals surface area contributed by atoms with Crippen molar-refractivity contribution < 1.29 is 42.8 Å². The van der Waals surface area contributed by atoms with Gasteiger partial charge in [-0.2, -0.15) is 0 Å². The average molecular weight is 560 g/mol. The van der Waals surface area contributed by atoms with E-state index in [1.807, 2.05) is 24.3 Å². The minimum atomic E-state index is -0.803. The number of Topliss-reactive ketones (excluding diaryl/α,β-unsaturated/α-hetero) is 1.